The summed E-state index contributed by atoms with van der Waals surface area (Å²) in [6.07, 6.45) is 5.21. The fourth-order valence-electron chi connectivity index (χ4n) is 1.41. The summed E-state index contributed by atoms with van der Waals surface area (Å²) in [5.74, 6) is 0.724. The van der Waals surface area contributed by atoms with Crippen molar-refractivity contribution in [3.05, 3.63) is 54.0 Å². The van der Waals surface area contributed by atoms with Crippen LogP contribution in [0.15, 0.2) is 42.9 Å². The number of hydrogen-bond acceptors (Lipinski definition) is 4. The van der Waals surface area contributed by atoms with Gasteiger partial charge in [0.2, 0.25) is 0 Å². The lowest BCUT2D eigenvalue weighted by Crippen LogP contribution is -2.04. The highest BCUT2D eigenvalue weighted by Gasteiger charge is 2.00. The second-order valence-electron chi connectivity index (χ2n) is 3.38. The molecule has 82 valence electrons. The highest BCUT2D eigenvalue weighted by atomic mass is 16.3. The third-order valence-electron chi connectivity index (χ3n) is 2.27. The Hall–Kier alpha value is -1.94. The van der Waals surface area contributed by atoms with Gasteiger partial charge in [-0.1, -0.05) is 6.07 Å². The van der Waals surface area contributed by atoms with Gasteiger partial charge in [0, 0.05) is 30.7 Å². The molecule has 2 N–H and O–H groups in total. The average Bonchev–Trinajstić information content (AvgIpc) is 2.38. The molecule has 2 aromatic rings. The van der Waals surface area contributed by atoms with Gasteiger partial charge < -0.3 is 10.4 Å². The molecular weight excluding hydrogens is 202 g/mol. The summed E-state index contributed by atoms with van der Waals surface area (Å²) in [6, 6.07) is 7.54. The highest BCUT2D eigenvalue weighted by Crippen LogP contribution is 2.12. The molecule has 0 radical (unpaired) electrons. The summed E-state index contributed by atoms with van der Waals surface area (Å²) in [7, 11) is 0. The lowest BCUT2D eigenvalue weighted by molar-refractivity contribution is 0.282. The molecule has 0 atom stereocenters. The number of aliphatic hydroxyl groups excluding tert-OH is 1. The molecule has 0 fully saturated rings. The topological polar surface area (TPSA) is 58.0 Å². The molecule has 16 heavy (non-hydrogen) atoms. The number of rotatable bonds is 4. The normalized spacial score (nSPS) is 10.1. The molecule has 0 amide bonds. The van der Waals surface area contributed by atoms with Gasteiger partial charge in [-0.2, -0.15) is 0 Å². The van der Waals surface area contributed by atoms with Crippen molar-refractivity contribution < 1.29 is 5.11 Å². The van der Waals surface area contributed by atoms with Crippen LogP contribution in [0.25, 0.3) is 0 Å². The van der Waals surface area contributed by atoms with Crippen LogP contribution in [0.2, 0.25) is 0 Å². The van der Waals surface area contributed by atoms with Crippen molar-refractivity contribution in [1.29, 1.82) is 0 Å². The number of nitrogens with one attached hydrogen (secondary N) is 1. The first kappa shape index (κ1) is 10.6. The predicted octanol–water partition coefficient (Wildman–Crippen LogP) is 1.58. The van der Waals surface area contributed by atoms with Crippen LogP contribution in [0.5, 0.6) is 0 Å². The van der Waals surface area contributed by atoms with Gasteiger partial charge in [-0.15, -0.1) is 0 Å². The quantitative estimate of drug-likeness (QED) is 0.813. The van der Waals surface area contributed by atoms with E-state index in [-0.39, 0.29) is 6.61 Å². The fourth-order valence-corrected chi connectivity index (χ4v) is 1.41. The maximum absolute atomic E-state index is 9.13. The molecule has 2 rings (SSSR count). The Balaban J connectivity index is 2.05. The summed E-state index contributed by atoms with van der Waals surface area (Å²) < 4.78 is 0. The number of anilines is 1. The number of hydrogen-bond donors (Lipinski definition) is 2. The van der Waals surface area contributed by atoms with Crippen molar-refractivity contribution in [2.75, 3.05) is 5.32 Å². The Labute approximate surface area is 94.0 Å². The molecule has 0 saturated carbocycles. The van der Waals surface area contributed by atoms with Gasteiger partial charge in [-0.25, -0.2) is 4.98 Å². The van der Waals surface area contributed by atoms with Crippen LogP contribution >= 0.6 is 0 Å². The van der Waals surface area contributed by atoms with E-state index < -0.39 is 0 Å². The van der Waals surface area contributed by atoms with E-state index in [1.807, 2.05) is 24.3 Å². The van der Waals surface area contributed by atoms with Crippen LogP contribution in [-0.2, 0) is 13.2 Å². The summed E-state index contributed by atoms with van der Waals surface area (Å²) in [5, 5.41) is 12.3. The van der Waals surface area contributed by atoms with Crippen LogP contribution in [0.4, 0.5) is 5.82 Å². The minimum absolute atomic E-state index is 0.00742. The molecule has 0 spiro atoms. The first-order chi connectivity index (χ1) is 7.90. The minimum atomic E-state index is -0.00742. The van der Waals surface area contributed by atoms with Gasteiger partial charge in [0.25, 0.3) is 0 Å². The van der Waals surface area contributed by atoms with Crippen molar-refractivity contribution in [3.8, 4) is 0 Å². The van der Waals surface area contributed by atoms with Gasteiger partial charge >= 0.3 is 0 Å². The monoisotopic (exact) mass is 215 g/mol. The number of pyridine rings is 2. The van der Waals surface area contributed by atoms with Crippen molar-refractivity contribution >= 4 is 5.82 Å². The third kappa shape index (κ3) is 2.55. The van der Waals surface area contributed by atoms with E-state index >= 15 is 0 Å². The van der Waals surface area contributed by atoms with Gasteiger partial charge in [0.05, 0.1) is 6.61 Å². The molecule has 0 aromatic carbocycles. The summed E-state index contributed by atoms with van der Waals surface area (Å²) >= 11 is 0. The van der Waals surface area contributed by atoms with Crippen LogP contribution in [0, 0.1) is 0 Å². The Kier molecular flexibility index (Phi) is 3.46. The van der Waals surface area contributed by atoms with E-state index in [4.69, 9.17) is 5.11 Å². The zero-order chi connectivity index (χ0) is 11.2. The maximum atomic E-state index is 9.13. The molecule has 0 aliphatic heterocycles. The largest absolute Gasteiger partial charge is 0.392 e. The molecule has 2 heterocycles. The molecule has 2 aromatic heterocycles. The van der Waals surface area contributed by atoms with E-state index in [0.29, 0.717) is 6.54 Å². The molecule has 0 unspecified atom stereocenters. The molecule has 0 aliphatic carbocycles. The van der Waals surface area contributed by atoms with E-state index in [1.165, 1.54) is 0 Å². The van der Waals surface area contributed by atoms with Crippen molar-refractivity contribution in [2.24, 2.45) is 0 Å². The van der Waals surface area contributed by atoms with E-state index in [9.17, 15) is 0 Å². The average molecular weight is 215 g/mol. The highest BCUT2D eigenvalue weighted by molar-refractivity contribution is 5.43. The minimum Gasteiger partial charge on any atom is -0.392 e. The predicted molar refractivity (Wildman–Crippen MR) is 61.7 cm³/mol. The third-order valence-corrected chi connectivity index (χ3v) is 2.27. The smallest absolute Gasteiger partial charge is 0.131 e. The molecule has 0 aliphatic rings. The van der Waals surface area contributed by atoms with Crippen LogP contribution in [0.1, 0.15) is 11.1 Å². The second kappa shape index (κ2) is 5.23. The van der Waals surface area contributed by atoms with Crippen LogP contribution in [-0.4, -0.2) is 15.1 Å². The Bertz CT molecular complexity index is 445. The summed E-state index contributed by atoms with van der Waals surface area (Å²) in [4.78, 5) is 8.13. The summed E-state index contributed by atoms with van der Waals surface area (Å²) in [6.45, 7) is 0.666. The van der Waals surface area contributed by atoms with Crippen LogP contribution in [0.3, 0.4) is 0 Å². The molecule has 4 nitrogen and oxygen atoms in total. The van der Waals surface area contributed by atoms with E-state index in [2.05, 4.69) is 15.3 Å². The molecular formula is C12H13N3O. The zero-order valence-corrected chi connectivity index (χ0v) is 8.80. The second-order valence-corrected chi connectivity index (χ2v) is 3.38. The van der Waals surface area contributed by atoms with Gasteiger partial charge in [-0.05, 0) is 23.8 Å². The number of nitrogens with zero attached hydrogens (tertiary/aromatic N) is 2. The first-order valence-corrected chi connectivity index (χ1v) is 5.07. The van der Waals surface area contributed by atoms with Gasteiger partial charge in [-0.3, -0.25) is 4.98 Å². The van der Waals surface area contributed by atoms with E-state index in [1.54, 1.807) is 18.6 Å². The van der Waals surface area contributed by atoms with Gasteiger partial charge in [0.15, 0.2) is 0 Å². The molecule has 4 heteroatoms. The summed E-state index contributed by atoms with van der Waals surface area (Å²) in [5.41, 5.74) is 1.93. The Morgan fingerprint density at radius 3 is 2.69 bits per heavy atom. The fraction of sp³-hybridized carbons (Fsp3) is 0.167. The Morgan fingerprint density at radius 1 is 1.12 bits per heavy atom. The Morgan fingerprint density at radius 2 is 1.94 bits per heavy atom. The SMILES string of the molecule is OCc1cccnc1NCc1ccncc1. The first-order valence-electron chi connectivity index (χ1n) is 5.07. The molecule has 0 saturated heterocycles. The number of aliphatic hydroxyl groups is 1. The van der Waals surface area contributed by atoms with Crippen LogP contribution < -0.4 is 5.32 Å². The lowest BCUT2D eigenvalue weighted by atomic mass is 10.2. The van der Waals surface area contributed by atoms with Crippen molar-refractivity contribution in [1.82, 2.24) is 9.97 Å². The van der Waals surface area contributed by atoms with E-state index in [0.717, 1.165) is 16.9 Å². The maximum Gasteiger partial charge on any atom is 0.131 e. The standard InChI is InChI=1S/C12H13N3O/c16-9-11-2-1-5-14-12(11)15-8-10-3-6-13-7-4-10/h1-7,16H,8-9H2,(H,14,15). The molecule has 0 bridgehead atoms. The number of aromatic nitrogens is 2. The van der Waals surface area contributed by atoms with Crippen molar-refractivity contribution in [3.63, 3.8) is 0 Å². The zero-order valence-electron chi connectivity index (χ0n) is 8.80. The lowest BCUT2D eigenvalue weighted by Gasteiger charge is -2.08. The van der Waals surface area contributed by atoms with Crippen molar-refractivity contribution in [2.45, 2.75) is 13.2 Å². The van der Waals surface area contributed by atoms with Gasteiger partial charge in [0.1, 0.15) is 5.82 Å².